The van der Waals surface area contributed by atoms with Gasteiger partial charge in [-0.15, -0.1) is 0 Å². The Kier molecular flexibility index (Phi) is 3.86. The smallest absolute Gasteiger partial charge is 0.299 e. The lowest BCUT2D eigenvalue weighted by Gasteiger charge is -2.17. The molecule has 1 amide bonds. The molecule has 4 nitrogen and oxygen atoms in total. The molecule has 0 spiro atoms. The van der Waals surface area contributed by atoms with E-state index in [0.29, 0.717) is 28.6 Å². The van der Waals surface area contributed by atoms with E-state index in [1.54, 1.807) is 24.3 Å². The van der Waals surface area contributed by atoms with Gasteiger partial charge in [-0.2, -0.15) is 0 Å². The minimum absolute atomic E-state index is 0.260. The van der Waals surface area contributed by atoms with Crippen LogP contribution in [-0.2, 0) is 4.79 Å². The van der Waals surface area contributed by atoms with Crippen molar-refractivity contribution in [3.05, 3.63) is 58.6 Å². The number of rotatable bonds is 4. The first-order valence-electron chi connectivity index (χ1n) is 6.92. The summed E-state index contributed by atoms with van der Waals surface area (Å²) in [6.45, 7) is 2.45. The Morgan fingerprint density at radius 3 is 2.68 bits per heavy atom. The van der Waals surface area contributed by atoms with Gasteiger partial charge in [0.15, 0.2) is 0 Å². The summed E-state index contributed by atoms with van der Waals surface area (Å²) in [4.78, 5) is 25.5. The lowest BCUT2D eigenvalue weighted by Crippen LogP contribution is -2.33. The topological polar surface area (TPSA) is 46.6 Å². The maximum atomic E-state index is 12.1. The number of amides is 1. The number of benzene rings is 2. The van der Waals surface area contributed by atoms with Gasteiger partial charge < -0.3 is 9.64 Å². The Labute approximate surface area is 133 Å². The summed E-state index contributed by atoms with van der Waals surface area (Å²) >= 11 is 6.01. The second-order valence-corrected chi connectivity index (χ2v) is 5.49. The normalized spacial score (nSPS) is 13.5. The third-order valence-electron chi connectivity index (χ3n) is 3.54. The van der Waals surface area contributed by atoms with Gasteiger partial charge in [-0.3, -0.25) is 9.59 Å². The molecule has 0 bridgehead atoms. The summed E-state index contributed by atoms with van der Waals surface area (Å²) in [7, 11) is 0. The van der Waals surface area contributed by atoms with E-state index < -0.39 is 11.7 Å². The zero-order chi connectivity index (χ0) is 15.7. The van der Waals surface area contributed by atoms with Crippen LogP contribution in [0.15, 0.2) is 42.5 Å². The van der Waals surface area contributed by atoms with E-state index in [2.05, 4.69) is 0 Å². The second-order valence-electron chi connectivity index (χ2n) is 5.09. The number of para-hydroxylation sites is 1. The molecule has 1 aliphatic heterocycles. The molecule has 0 aromatic heterocycles. The first-order chi connectivity index (χ1) is 10.6. The van der Waals surface area contributed by atoms with Gasteiger partial charge in [-0.05, 0) is 31.2 Å². The Balaban J connectivity index is 1.73. The van der Waals surface area contributed by atoms with Crippen LogP contribution in [0.25, 0.3) is 0 Å². The zero-order valence-corrected chi connectivity index (χ0v) is 12.8. The van der Waals surface area contributed by atoms with Crippen LogP contribution in [0.2, 0.25) is 5.02 Å². The Bertz CT molecular complexity index is 757. The minimum Gasteiger partial charge on any atom is -0.490 e. The molecule has 2 aromatic carbocycles. The number of hydrogen-bond donors (Lipinski definition) is 0. The Morgan fingerprint density at radius 2 is 1.91 bits per heavy atom. The molecule has 0 saturated carbocycles. The van der Waals surface area contributed by atoms with Gasteiger partial charge in [-0.25, -0.2) is 0 Å². The third-order valence-corrected chi connectivity index (χ3v) is 3.85. The predicted octanol–water partition coefficient (Wildman–Crippen LogP) is 3.26. The average molecular weight is 316 g/mol. The van der Waals surface area contributed by atoms with Crippen LogP contribution in [-0.4, -0.2) is 24.8 Å². The van der Waals surface area contributed by atoms with Gasteiger partial charge in [0, 0.05) is 0 Å². The van der Waals surface area contributed by atoms with Crippen molar-refractivity contribution in [2.24, 2.45) is 0 Å². The van der Waals surface area contributed by atoms with Crippen LogP contribution in [0.4, 0.5) is 5.69 Å². The highest BCUT2D eigenvalue weighted by atomic mass is 35.5. The molecule has 3 rings (SSSR count). The van der Waals surface area contributed by atoms with E-state index in [1.807, 2.05) is 25.1 Å². The van der Waals surface area contributed by atoms with Crippen molar-refractivity contribution in [1.82, 2.24) is 0 Å². The molecular formula is C17H14ClNO3. The molecule has 2 aromatic rings. The first kappa shape index (κ1) is 14.6. The van der Waals surface area contributed by atoms with E-state index in [0.717, 1.165) is 5.56 Å². The van der Waals surface area contributed by atoms with Crippen LogP contribution < -0.4 is 9.64 Å². The van der Waals surface area contributed by atoms with Crippen molar-refractivity contribution < 1.29 is 14.3 Å². The zero-order valence-electron chi connectivity index (χ0n) is 12.0. The molecule has 0 saturated heterocycles. The SMILES string of the molecule is Cc1ccc2c(c1)C(=O)C(=O)N2CCOc1ccccc1Cl. The van der Waals surface area contributed by atoms with Gasteiger partial charge in [0.25, 0.3) is 11.7 Å². The summed E-state index contributed by atoms with van der Waals surface area (Å²) in [5.74, 6) is -0.411. The molecule has 0 fully saturated rings. The van der Waals surface area contributed by atoms with Gasteiger partial charge in [0.05, 0.1) is 22.8 Å². The lowest BCUT2D eigenvalue weighted by molar-refractivity contribution is -0.114. The van der Waals surface area contributed by atoms with Crippen LogP contribution in [0.1, 0.15) is 15.9 Å². The van der Waals surface area contributed by atoms with E-state index in [1.165, 1.54) is 4.90 Å². The molecular weight excluding hydrogens is 302 g/mol. The average Bonchev–Trinajstić information content (AvgIpc) is 2.74. The molecule has 0 atom stereocenters. The van der Waals surface area contributed by atoms with Gasteiger partial charge in [0.1, 0.15) is 12.4 Å². The monoisotopic (exact) mass is 315 g/mol. The third kappa shape index (κ3) is 2.57. The number of carbonyl (C=O) groups excluding carboxylic acids is 2. The number of hydrogen-bond acceptors (Lipinski definition) is 3. The quantitative estimate of drug-likeness (QED) is 0.814. The fourth-order valence-electron chi connectivity index (χ4n) is 2.44. The van der Waals surface area contributed by atoms with E-state index in [4.69, 9.17) is 16.3 Å². The fourth-order valence-corrected chi connectivity index (χ4v) is 2.64. The standard InChI is InChI=1S/C17H14ClNO3/c1-11-6-7-14-12(10-11)16(20)17(21)19(14)8-9-22-15-5-3-2-4-13(15)18/h2-7,10H,8-9H2,1H3. The predicted molar refractivity (Wildman–Crippen MR) is 84.8 cm³/mol. The molecule has 1 heterocycles. The number of ketones is 1. The van der Waals surface area contributed by atoms with E-state index in [9.17, 15) is 9.59 Å². The molecule has 0 radical (unpaired) electrons. The Morgan fingerprint density at radius 1 is 1.14 bits per heavy atom. The van der Waals surface area contributed by atoms with Crippen molar-refractivity contribution in [2.45, 2.75) is 6.92 Å². The lowest BCUT2D eigenvalue weighted by atomic mass is 10.1. The number of halogens is 1. The fraction of sp³-hybridized carbons (Fsp3) is 0.176. The molecule has 112 valence electrons. The summed E-state index contributed by atoms with van der Waals surface area (Å²) in [6.07, 6.45) is 0. The number of nitrogens with zero attached hydrogens (tertiary/aromatic N) is 1. The number of fused-ring (bicyclic) bond motifs is 1. The van der Waals surface area contributed by atoms with Crippen molar-refractivity contribution in [3.63, 3.8) is 0 Å². The molecule has 0 aliphatic carbocycles. The van der Waals surface area contributed by atoms with E-state index >= 15 is 0 Å². The van der Waals surface area contributed by atoms with Gasteiger partial charge >= 0.3 is 0 Å². The Hall–Kier alpha value is -2.33. The maximum absolute atomic E-state index is 12.1. The van der Waals surface area contributed by atoms with E-state index in [-0.39, 0.29) is 6.61 Å². The molecule has 0 N–H and O–H groups in total. The molecule has 0 unspecified atom stereocenters. The minimum atomic E-state index is -0.511. The van der Waals surface area contributed by atoms with Crippen molar-refractivity contribution in [1.29, 1.82) is 0 Å². The molecule has 22 heavy (non-hydrogen) atoms. The summed E-state index contributed by atoms with van der Waals surface area (Å²) in [5.41, 5.74) is 2.06. The maximum Gasteiger partial charge on any atom is 0.299 e. The first-order valence-corrected chi connectivity index (χ1v) is 7.30. The number of carbonyl (C=O) groups is 2. The molecule has 1 aliphatic rings. The number of aryl methyl sites for hydroxylation is 1. The van der Waals surface area contributed by atoms with Crippen LogP contribution >= 0.6 is 11.6 Å². The summed E-state index contributed by atoms with van der Waals surface area (Å²) in [5, 5.41) is 0.516. The van der Waals surface area contributed by atoms with Crippen molar-refractivity contribution in [2.75, 3.05) is 18.1 Å². The highest BCUT2D eigenvalue weighted by molar-refractivity contribution is 6.52. The second kappa shape index (κ2) is 5.81. The largest absolute Gasteiger partial charge is 0.490 e. The highest BCUT2D eigenvalue weighted by Crippen LogP contribution is 2.29. The van der Waals surface area contributed by atoms with Crippen LogP contribution in [0.5, 0.6) is 5.75 Å². The summed E-state index contributed by atoms with van der Waals surface area (Å²) in [6, 6.07) is 12.6. The number of ether oxygens (including phenoxy) is 1. The van der Waals surface area contributed by atoms with Crippen molar-refractivity contribution in [3.8, 4) is 5.75 Å². The van der Waals surface area contributed by atoms with Gasteiger partial charge in [-0.1, -0.05) is 35.4 Å². The van der Waals surface area contributed by atoms with Gasteiger partial charge in [0.2, 0.25) is 0 Å². The number of anilines is 1. The summed E-state index contributed by atoms with van der Waals surface area (Å²) < 4.78 is 5.58. The molecule has 5 heteroatoms. The van der Waals surface area contributed by atoms with Crippen molar-refractivity contribution >= 4 is 29.0 Å². The number of Topliss-reactive ketones (excluding diaryl/α,β-unsaturated/α-hetero) is 1. The van der Waals surface area contributed by atoms with Crippen LogP contribution in [0.3, 0.4) is 0 Å². The highest BCUT2D eigenvalue weighted by Gasteiger charge is 2.35. The van der Waals surface area contributed by atoms with Crippen LogP contribution in [0, 0.1) is 6.92 Å².